The lowest BCUT2D eigenvalue weighted by Crippen LogP contribution is -2.24. The molecule has 0 atom stereocenters. The molecule has 15 heavy (non-hydrogen) atoms. The molecule has 0 heterocycles. The molecule has 0 aromatic heterocycles. The highest BCUT2D eigenvalue weighted by molar-refractivity contribution is 5.91. The van der Waals surface area contributed by atoms with Crippen molar-refractivity contribution in [1.82, 2.24) is 0 Å². The van der Waals surface area contributed by atoms with Gasteiger partial charge in [-0.2, -0.15) is 0 Å². The zero-order valence-corrected chi connectivity index (χ0v) is 9.63. The molecule has 0 unspecified atom stereocenters. The Labute approximate surface area is 90.5 Å². The molecule has 84 valence electrons. The smallest absolute Gasteiger partial charge is 0.311 e. The van der Waals surface area contributed by atoms with E-state index in [9.17, 15) is 9.59 Å². The molecule has 1 aliphatic carbocycles. The Balaban J connectivity index is 2.44. The summed E-state index contributed by atoms with van der Waals surface area (Å²) < 4.78 is 5.13. The quantitative estimate of drug-likeness (QED) is 0.656. The number of rotatable bonds is 2. The molecule has 0 bridgehead atoms. The van der Waals surface area contributed by atoms with Crippen LogP contribution in [0.25, 0.3) is 0 Å². The van der Waals surface area contributed by atoms with E-state index in [1.165, 1.54) is 0 Å². The zero-order chi connectivity index (χ0) is 11.5. The summed E-state index contributed by atoms with van der Waals surface area (Å²) in [5, 5.41) is 0. The predicted molar refractivity (Wildman–Crippen MR) is 57.4 cm³/mol. The van der Waals surface area contributed by atoms with Crippen molar-refractivity contribution in [3.8, 4) is 0 Å². The van der Waals surface area contributed by atoms with Crippen molar-refractivity contribution in [1.29, 1.82) is 0 Å². The third-order valence-electron chi connectivity index (χ3n) is 2.29. The highest BCUT2D eigenvalue weighted by Crippen LogP contribution is 2.19. The van der Waals surface area contributed by atoms with Crippen LogP contribution in [0.4, 0.5) is 0 Å². The average Bonchev–Trinajstić information content (AvgIpc) is 2.12. The Kier molecular flexibility index (Phi) is 3.66. The Morgan fingerprint density at radius 3 is 2.60 bits per heavy atom. The molecule has 0 fully saturated rings. The van der Waals surface area contributed by atoms with Crippen LogP contribution in [0.5, 0.6) is 0 Å². The second-order valence-electron chi connectivity index (χ2n) is 4.95. The van der Waals surface area contributed by atoms with Crippen molar-refractivity contribution < 1.29 is 14.3 Å². The van der Waals surface area contributed by atoms with Gasteiger partial charge in [0, 0.05) is 6.42 Å². The minimum Gasteiger partial charge on any atom is -0.461 e. The number of allylic oxidation sites excluding steroid dienone is 1. The van der Waals surface area contributed by atoms with E-state index in [4.69, 9.17) is 4.74 Å². The van der Waals surface area contributed by atoms with Crippen molar-refractivity contribution >= 4 is 11.8 Å². The third-order valence-corrected chi connectivity index (χ3v) is 2.29. The number of hydrogen-bond donors (Lipinski definition) is 0. The van der Waals surface area contributed by atoms with Gasteiger partial charge in [-0.3, -0.25) is 9.59 Å². The summed E-state index contributed by atoms with van der Waals surface area (Å²) in [7, 11) is 0. The summed E-state index contributed by atoms with van der Waals surface area (Å²) in [6.07, 6.45) is 3.97. The van der Waals surface area contributed by atoms with Gasteiger partial charge in [-0.1, -0.05) is 0 Å². The van der Waals surface area contributed by atoms with Crippen molar-refractivity contribution in [3.05, 3.63) is 11.6 Å². The van der Waals surface area contributed by atoms with Gasteiger partial charge in [0.2, 0.25) is 0 Å². The van der Waals surface area contributed by atoms with Gasteiger partial charge in [0.05, 0.1) is 5.41 Å². The Hall–Kier alpha value is -1.12. The molecule has 0 aromatic rings. The number of carbonyl (C=O) groups excluding carboxylic acids is 2. The minimum atomic E-state index is -0.473. The van der Waals surface area contributed by atoms with Crippen molar-refractivity contribution in [3.63, 3.8) is 0 Å². The summed E-state index contributed by atoms with van der Waals surface area (Å²) in [4.78, 5) is 22.6. The Morgan fingerprint density at radius 2 is 2.07 bits per heavy atom. The lowest BCUT2D eigenvalue weighted by atomic mass is 9.97. The Bertz CT molecular complexity index is 294. The highest BCUT2D eigenvalue weighted by Gasteiger charge is 2.23. The first kappa shape index (κ1) is 12.0. The minimum absolute atomic E-state index is 0.142. The number of ether oxygens (including phenoxy) is 1. The molecule has 3 nitrogen and oxygen atoms in total. The number of ketones is 1. The lowest BCUT2D eigenvalue weighted by molar-refractivity contribution is -0.152. The number of esters is 1. The van der Waals surface area contributed by atoms with Crippen molar-refractivity contribution in [2.45, 2.75) is 40.0 Å². The molecule has 0 spiro atoms. The van der Waals surface area contributed by atoms with E-state index < -0.39 is 5.41 Å². The van der Waals surface area contributed by atoms with Crippen LogP contribution in [0.15, 0.2) is 11.6 Å². The van der Waals surface area contributed by atoms with Gasteiger partial charge >= 0.3 is 5.97 Å². The van der Waals surface area contributed by atoms with Crippen molar-refractivity contribution in [2.75, 3.05) is 6.61 Å². The van der Waals surface area contributed by atoms with Crippen LogP contribution >= 0.6 is 0 Å². The maximum Gasteiger partial charge on any atom is 0.311 e. The van der Waals surface area contributed by atoms with Crippen LogP contribution < -0.4 is 0 Å². The lowest BCUT2D eigenvalue weighted by Gasteiger charge is -2.18. The van der Waals surface area contributed by atoms with E-state index in [-0.39, 0.29) is 18.4 Å². The fourth-order valence-electron chi connectivity index (χ4n) is 1.35. The maximum absolute atomic E-state index is 11.5. The van der Waals surface area contributed by atoms with E-state index in [0.29, 0.717) is 6.42 Å². The van der Waals surface area contributed by atoms with Crippen LogP contribution in [0.1, 0.15) is 40.0 Å². The topological polar surface area (TPSA) is 43.4 Å². The molecule has 0 aliphatic heterocycles. The average molecular weight is 210 g/mol. The first-order chi connectivity index (χ1) is 6.89. The second-order valence-corrected chi connectivity index (χ2v) is 4.95. The van der Waals surface area contributed by atoms with E-state index in [2.05, 4.69) is 0 Å². The number of hydrogen-bond acceptors (Lipinski definition) is 3. The van der Waals surface area contributed by atoms with Crippen molar-refractivity contribution in [2.24, 2.45) is 5.41 Å². The highest BCUT2D eigenvalue weighted by atomic mass is 16.5. The van der Waals surface area contributed by atoms with Gasteiger partial charge in [0.1, 0.15) is 6.61 Å². The van der Waals surface area contributed by atoms with Gasteiger partial charge in [-0.25, -0.2) is 0 Å². The summed E-state index contributed by atoms with van der Waals surface area (Å²) in [5.41, 5.74) is 0.461. The number of carbonyl (C=O) groups is 2. The van der Waals surface area contributed by atoms with Gasteiger partial charge < -0.3 is 4.74 Å². The Morgan fingerprint density at radius 1 is 1.40 bits per heavy atom. The molecule has 1 rings (SSSR count). The summed E-state index contributed by atoms with van der Waals surface area (Å²) in [6, 6.07) is 0. The molecule has 0 saturated carbocycles. The van der Waals surface area contributed by atoms with Gasteiger partial charge in [-0.15, -0.1) is 0 Å². The van der Waals surface area contributed by atoms with Gasteiger partial charge in [0.25, 0.3) is 0 Å². The van der Waals surface area contributed by atoms with Crippen LogP contribution in [0.3, 0.4) is 0 Å². The third kappa shape index (κ3) is 3.86. The maximum atomic E-state index is 11.5. The fourth-order valence-corrected chi connectivity index (χ4v) is 1.35. The first-order valence-electron chi connectivity index (χ1n) is 5.29. The molecule has 0 saturated heterocycles. The molecule has 1 aliphatic rings. The standard InChI is InChI=1S/C12H18O3/c1-12(2,3)11(14)15-8-9-5-4-6-10(13)7-9/h7H,4-6,8H2,1-3H3. The first-order valence-corrected chi connectivity index (χ1v) is 5.29. The van der Waals surface area contributed by atoms with Crippen LogP contribution in [0, 0.1) is 5.41 Å². The molecule has 0 N–H and O–H groups in total. The molecule has 3 heteroatoms. The SMILES string of the molecule is CC(C)(C)C(=O)OCC1=CC(=O)CCC1. The molecular weight excluding hydrogens is 192 g/mol. The van der Waals surface area contributed by atoms with E-state index in [0.717, 1.165) is 18.4 Å². The summed E-state index contributed by atoms with van der Waals surface area (Å²) in [5.74, 6) is -0.0792. The molecule has 0 aromatic carbocycles. The largest absolute Gasteiger partial charge is 0.461 e. The molecular formula is C12H18O3. The van der Waals surface area contributed by atoms with E-state index in [1.54, 1.807) is 6.08 Å². The van der Waals surface area contributed by atoms with Crippen LogP contribution in [-0.2, 0) is 14.3 Å². The van der Waals surface area contributed by atoms with E-state index in [1.807, 2.05) is 20.8 Å². The zero-order valence-electron chi connectivity index (χ0n) is 9.63. The summed E-state index contributed by atoms with van der Waals surface area (Å²) in [6.45, 7) is 5.71. The second kappa shape index (κ2) is 4.60. The fraction of sp³-hybridized carbons (Fsp3) is 0.667. The van der Waals surface area contributed by atoms with Crippen LogP contribution in [0.2, 0.25) is 0 Å². The van der Waals surface area contributed by atoms with Gasteiger partial charge in [-0.05, 0) is 45.3 Å². The predicted octanol–water partition coefficient (Wildman–Crippen LogP) is 2.26. The normalized spacial score (nSPS) is 17.3. The van der Waals surface area contributed by atoms with E-state index >= 15 is 0 Å². The molecule has 0 amide bonds. The summed E-state index contributed by atoms with van der Waals surface area (Å²) >= 11 is 0. The molecule has 0 radical (unpaired) electrons. The van der Waals surface area contributed by atoms with Gasteiger partial charge in [0.15, 0.2) is 5.78 Å². The van der Waals surface area contributed by atoms with Crippen LogP contribution in [-0.4, -0.2) is 18.4 Å². The monoisotopic (exact) mass is 210 g/mol.